The molecule has 1 aromatic carbocycles. The average molecular weight is 308 g/mol. The highest BCUT2D eigenvalue weighted by Gasteiger charge is 2.17. The van der Waals surface area contributed by atoms with Crippen molar-refractivity contribution < 1.29 is 13.6 Å². The quantitative estimate of drug-likeness (QED) is 0.920. The Hall–Kier alpha value is -2.44. The molecule has 2 rings (SSSR count). The second kappa shape index (κ2) is 7.02. The summed E-state index contributed by atoms with van der Waals surface area (Å²) in [4.78, 5) is 13.7. The van der Waals surface area contributed by atoms with E-state index in [0.717, 1.165) is 10.2 Å². The van der Waals surface area contributed by atoms with Gasteiger partial charge in [-0.2, -0.15) is 5.10 Å². The van der Waals surface area contributed by atoms with Gasteiger partial charge < -0.3 is 10.2 Å². The summed E-state index contributed by atoms with van der Waals surface area (Å²) in [5.41, 5.74) is 1.39. The van der Waals surface area contributed by atoms with E-state index in [2.05, 4.69) is 10.4 Å². The van der Waals surface area contributed by atoms with Crippen molar-refractivity contribution in [1.29, 1.82) is 0 Å². The fraction of sp³-hybridized carbons (Fsp3) is 0.333. The molecule has 7 heteroatoms. The van der Waals surface area contributed by atoms with Gasteiger partial charge in [0.2, 0.25) is 0 Å². The molecule has 0 radical (unpaired) electrons. The van der Waals surface area contributed by atoms with E-state index in [9.17, 15) is 13.6 Å². The molecular formula is C15H18F2N4O. The Kier molecular flexibility index (Phi) is 5.08. The number of rotatable bonds is 5. The number of urea groups is 1. The summed E-state index contributed by atoms with van der Waals surface area (Å²) in [6, 6.07) is 9.17. The predicted octanol–water partition coefficient (Wildman–Crippen LogP) is 3.37. The minimum atomic E-state index is -2.48. The van der Waals surface area contributed by atoms with Gasteiger partial charge in [0.25, 0.3) is 6.43 Å². The molecule has 1 heterocycles. The van der Waals surface area contributed by atoms with Gasteiger partial charge in [0, 0.05) is 13.2 Å². The molecule has 0 aliphatic carbocycles. The van der Waals surface area contributed by atoms with Crippen LogP contribution >= 0.6 is 0 Å². The van der Waals surface area contributed by atoms with E-state index in [4.69, 9.17) is 0 Å². The van der Waals surface area contributed by atoms with Crippen LogP contribution in [0.2, 0.25) is 0 Å². The molecule has 22 heavy (non-hydrogen) atoms. The molecule has 0 spiro atoms. The number of carbonyl (C=O) groups excluding carboxylic acids is 1. The van der Waals surface area contributed by atoms with Crippen molar-refractivity contribution in [2.24, 2.45) is 0 Å². The number of amides is 2. The zero-order valence-corrected chi connectivity index (χ0v) is 12.4. The van der Waals surface area contributed by atoms with Crippen LogP contribution in [0, 0.1) is 0 Å². The fourth-order valence-electron chi connectivity index (χ4n) is 2.01. The summed E-state index contributed by atoms with van der Waals surface area (Å²) in [7, 11) is 1.68. The number of anilines is 1. The number of benzene rings is 1. The molecule has 1 aromatic heterocycles. The Morgan fingerprint density at radius 3 is 2.68 bits per heavy atom. The zero-order valence-electron chi connectivity index (χ0n) is 12.4. The molecule has 0 aliphatic rings. The van der Waals surface area contributed by atoms with Crippen molar-refractivity contribution in [1.82, 2.24) is 14.7 Å². The molecular weight excluding hydrogens is 290 g/mol. The largest absolute Gasteiger partial charge is 0.322 e. The number of nitrogens with one attached hydrogen (secondary N) is 1. The van der Waals surface area contributed by atoms with Crippen molar-refractivity contribution in [2.45, 2.75) is 25.9 Å². The van der Waals surface area contributed by atoms with Gasteiger partial charge >= 0.3 is 6.03 Å². The second-order valence-electron chi connectivity index (χ2n) is 4.97. The number of carbonyl (C=O) groups is 1. The second-order valence-corrected chi connectivity index (χ2v) is 4.97. The van der Waals surface area contributed by atoms with E-state index in [1.807, 2.05) is 37.3 Å². The van der Waals surface area contributed by atoms with Gasteiger partial charge in [-0.25, -0.2) is 13.6 Å². The van der Waals surface area contributed by atoms with Gasteiger partial charge in [-0.15, -0.1) is 0 Å². The van der Waals surface area contributed by atoms with Crippen LogP contribution in [0.15, 0.2) is 42.7 Å². The molecule has 0 fully saturated rings. The number of hydrogen-bond acceptors (Lipinski definition) is 2. The van der Waals surface area contributed by atoms with Gasteiger partial charge in [-0.05, 0) is 12.5 Å². The molecule has 1 N–H and O–H groups in total. The van der Waals surface area contributed by atoms with Crippen LogP contribution < -0.4 is 5.32 Å². The highest BCUT2D eigenvalue weighted by Crippen LogP contribution is 2.19. The van der Waals surface area contributed by atoms with Crippen LogP contribution in [0.5, 0.6) is 0 Å². The minimum Gasteiger partial charge on any atom is -0.321 e. The summed E-state index contributed by atoms with van der Waals surface area (Å²) >= 11 is 0. The summed E-state index contributed by atoms with van der Waals surface area (Å²) < 4.78 is 25.6. The molecule has 1 unspecified atom stereocenters. The highest BCUT2D eigenvalue weighted by molar-refractivity contribution is 5.89. The first-order chi connectivity index (χ1) is 10.5. The first-order valence-corrected chi connectivity index (χ1v) is 6.86. The fourth-order valence-corrected chi connectivity index (χ4v) is 2.01. The van der Waals surface area contributed by atoms with Gasteiger partial charge in [0.15, 0.2) is 0 Å². The lowest BCUT2D eigenvalue weighted by molar-refractivity contribution is 0.122. The molecule has 1 atom stereocenters. The molecule has 0 saturated carbocycles. The van der Waals surface area contributed by atoms with Gasteiger partial charge in [-0.1, -0.05) is 30.3 Å². The van der Waals surface area contributed by atoms with Crippen LogP contribution in [0.1, 0.15) is 18.5 Å². The Labute approximate surface area is 127 Å². The number of hydrogen-bond donors (Lipinski definition) is 1. The maximum atomic E-state index is 12.3. The standard InChI is InChI=1S/C15H18F2N4O/c1-11(12-6-4-3-5-7-12)20(2)15(22)19-13-8-18-21(9-13)10-14(16)17/h3-9,11,14H,10H2,1-2H3,(H,19,22). The molecule has 0 aliphatic heterocycles. The molecule has 2 amide bonds. The molecule has 118 valence electrons. The third-order valence-corrected chi connectivity index (χ3v) is 3.39. The number of nitrogens with zero attached hydrogens (tertiary/aromatic N) is 3. The van der Waals surface area contributed by atoms with Crippen molar-refractivity contribution >= 4 is 11.7 Å². The Balaban J connectivity index is 1.98. The van der Waals surface area contributed by atoms with E-state index in [1.54, 1.807) is 11.9 Å². The third-order valence-electron chi connectivity index (χ3n) is 3.39. The van der Waals surface area contributed by atoms with Crippen molar-refractivity contribution in [3.05, 3.63) is 48.3 Å². The van der Waals surface area contributed by atoms with E-state index in [-0.39, 0.29) is 12.1 Å². The highest BCUT2D eigenvalue weighted by atomic mass is 19.3. The van der Waals surface area contributed by atoms with Crippen LogP contribution in [0.3, 0.4) is 0 Å². The Morgan fingerprint density at radius 2 is 2.05 bits per heavy atom. The number of aromatic nitrogens is 2. The van der Waals surface area contributed by atoms with Crippen LogP contribution in [0.4, 0.5) is 19.3 Å². The lowest BCUT2D eigenvalue weighted by Gasteiger charge is -2.25. The van der Waals surface area contributed by atoms with E-state index in [0.29, 0.717) is 5.69 Å². The van der Waals surface area contributed by atoms with Crippen molar-refractivity contribution in [2.75, 3.05) is 12.4 Å². The molecule has 2 aromatic rings. The van der Waals surface area contributed by atoms with Crippen LogP contribution in [-0.2, 0) is 6.54 Å². The molecule has 5 nitrogen and oxygen atoms in total. The zero-order chi connectivity index (χ0) is 16.1. The SMILES string of the molecule is CC(c1ccccc1)N(C)C(=O)Nc1cnn(CC(F)F)c1. The summed E-state index contributed by atoms with van der Waals surface area (Å²) in [6.07, 6.45) is 0.246. The first kappa shape index (κ1) is 15.9. The summed E-state index contributed by atoms with van der Waals surface area (Å²) in [6.45, 7) is 1.42. The Morgan fingerprint density at radius 1 is 1.36 bits per heavy atom. The monoisotopic (exact) mass is 308 g/mol. The lowest BCUT2D eigenvalue weighted by atomic mass is 10.1. The summed E-state index contributed by atoms with van der Waals surface area (Å²) in [5.74, 6) is 0. The first-order valence-electron chi connectivity index (χ1n) is 6.86. The lowest BCUT2D eigenvalue weighted by Crippen LogP contribution is -2.33. The van der Waals surface area contributed by atoms with Crippen molar-refractivity contribution in [3.63, 3.8) is 0 Å². The molecule has 0 bridgehead atoms. The van der Waals surface area contributed by atoms with E-state index < -0.39 is 13.0 Å². The minimum absolute atomic E-state index is 0.114. The number of halogens is 2. The van der Waals surface area contributed by atoms with Crippen LogP contribution in [-0.4, -0.2) is 34.2 Å². The van der Waals surface area contributed by atoms with Gasteiger partial charge in [0.1, 0.15) is 6.54 Å². The smallest absolute Gasteiger partial charge is 0.321 e. The Bertz CT molecular complexity index is 615. The van der Waals surface area contributed by atoms with E-state index >= 15 is 0 Å². The summed E-state index contributed by atoms with van der Waals surface area (Å²) in [5, 5.41) is 6.42. The van der Waals surface area contributed by atoms with Gasteiger partial charge in [-0.3, -0.25) is 4.68 Å². The number of alkyl halides is 2. The van der Waals surface area contributed by atoms with E-state index in [1.165, 1.54) is 12.4 Å². The maximum Gasteiger partial charge on any atom is 0.322 e. The van der Waals surface area contributed by atoms with Crippen LogP contribution in [0.25, 0.3) is 0 Å². The van der Waals surface area contributed by atoms with Gasteiger partial charge in [0.05, 0.1) is 17.9 Å². The predicted molar refractivity (Wildman–Crippen MR) is 79.9 cm³/mol. The average Bonchev–Trinajstić information content (AvgIpc) is 2.92. The van der Waals surface area contributed by atoms with Crippen molar-refractivity contribution in [3.8, 4) is 0 Å². The maximum absolute atomic E-state index is 12.3. The third kappa shape index (κ3) is 4.03. The normalized spacial score (nSPS) is 12.2. The molecule has 0 saturated heterocycles. The topological polar surface area (TPSA) is 50.2 Å².